The Morgan fingerprint density at radius 1 is 1.33 bits per heavy atom. The van der Waals surface area contributed by atoms with Crippen LogP contribution in [0.5, 0.6) is 0 Å². The lowest BCUT2D eigenvalue weighted by Gasteiger charge is -2.30. The number of urea groups is 1. The van der Waals surface area contributed by atoms with Gasteiger partial charge in [0, 0.05) is 11.0 Å². The van der Waals surface area contributed by atoms with Crippen LogP contribution in [0, 0.1) is 0 Å². The summed E-state index contributed by atoms with van der Waals surface area (Å²) in [6.07, 6.45) is 2.67. The predicted molar refractivity (Wildman–Crippen MR) is 85.1 cm³/mol. The van der Waals surface area contributed by atoms with Crippen LogP contribution in [0.25, 0.3) is 0 Å². The number of carbonyl (C=O) groups is 3. The number of benzene rings is 1. The zero-order valence-corrected chi connectivity index (χ0v) is 13.9. The van der Waals surface area contributed by atoms with E-state index in [-0.39, 0.29) is 0 Å². The summed E-state index contributed by atoms with van der Waals surface area (Å²) < 4.78 is 0.784. The second-order valence-electron chi connectivity index (χ2n) is 4.62. The Balaban J connectivity index is 2.22. The van der Waals surface area contributed by atoms with Crippen LogP contribution in [0.3, 0.4) is 0 Å². The fraction of sp³-hybridized carbons (Fsp3) is 0.357. The number of thioether (sulfide) groups is 1. The van der Waals surface area contributed by atoms with Crippen molar-refractivity contribution in [2.75, 3.05) is 18.6 Å². The number of imide groups is 2. The van der Waals surface area contributed by atoms with Gasteiger partial charge in [0.1, 0.15) is 5.92 Å². The zero-order chi connectivity index (χ0) is 15.4. The average Bonchev–Trinajstić information content (AvgIpc) is 2.42. The Hall–Kier alpha value is -1.34. The standard InChI is InChI=1S/C14H15BrN2O3S/c1-21-7-3-6-17-13(19)11(12(18)16-14(17)20)9-4-2-5-10(15)8-9/h2,4-5,8,11H,3,6-7H2,1H3,(H,16,18,20). The first-order valence-electron chi connectivity index (χ1n) is 6.45. The van der Waals surface area contributed by atoms with Crippen LogP contribution in [0.2, 0.25) is 0 Å². The Morgan fingerprint density at radius 3 is 2.76 bits per heavy atom. The molecule has 0 aliphatic carbocycles. The van der Waals surface area contributed by atoms with E-state index in [4.69, 9.17) is 0 Å². The third kappa shape index (κ3) is 3.65. The molecule has 21 heavy (non-hydrogen) atoms. The predicted octanol–water partition coefficient (Wildman–Crippen LogP) is 2.36. The van der Waals surface area contributed by atoms with Crippen molar-refractivity contribution in [1.29, 1.82) is 0 Å². The van der Waals surface area contributed by atoms with Crippen molar-refractivity contribution >= 4 is 45.5 Å². The normalized spacial score (nSPS) is 18.9. The number of nitrogens with zero attached hydrogens (tertiary/aromatic N) is 1. The third-order valence-electron chi connectivity index (χ3n) is 3.16. The summed E-state index contributed by atoms with van der Waals surface area (Å²) in [5, 5.41) is 2.26. The van der Waals surface area contributed by atoms with Crippen LogP contribution in [0.15, 0.2) is 28.7 Å². The van der Waals surface area contributed by atoms with Gasteiger partial charge >= 0.3 is 6.03 Å². The topological polar surface area (TPSA) is 66.5 Å². The Bertz CT molecular complexity index is 579. The molecule has 1 aliphatic rings. The molecule has 112 valence electrons. The third-order valence-corrected chi connectivity index (χ3v) is 4.35. The maximum atomic E-state index is 12.5. The number of amides is 4. The van der Waals surface area contributed by atoms with Gasteiger partial charge in [-0.3, -0.25) is 19.8 Å². The van der Waals surface area contributed by atoms with Gasteiger partial charge in [-0.05, 0) is 36.1 Å². The SMILES string of the molecule is CSCCCN1C(=O)NC(=O)C(c2cccc(Br)c2)C1=O. The van der Waals surface area contributed by atoms with Crippen molar-refractivity contribution in [3.8, 4) is 0 Å². The number of nitrogens with one attached hydrogen (secondary N) is 1. The lowest BCUT2D eigenvalue weighted by molar-refractivity contribution is -0.138. The molecule has 1 unspecified atom stereocenters. The number of rotatable bonds is 5. The molecule has 0 aromatic heterocycles. The van der Waals surface area contributed by atoms with Gasteiger partial charge in [-0.25, -0.2) is 4.79 Å². The second kappa shape index (κ2) is 7.09. The van der Waals surface area contributed by atoms with Gasteiger partial charge in [0.25, 0.3) is 0 Å². The fourth-order valence-electron chi connectivity index (χ4n) is 2.17. The number of hydrogen-bond donors (Lipinski definition) is 1. The molecule has 0 spiro atoms. The van der Waals surface area contributed by atoms with E-state index in [0.29, 0.717) is 18.5 Å². The number of halogens is 1. The Kier molecular flexibility index (Phi) is 5.41. The molecule has 1 saturated heterocycles. The van der Waals surface area contributed by atoms with Crippen LogP contribution < -0.4 is 5.32 Å². The molecule has 4 amide bonds. The molecular formula is C14H15BrN2O3S. The number of carbonyl (C=O) groups excluding carboxylic acids is 3. The molecule has 1 fully saturated rings. The van der Waals surface area contributed by atoms with Gasteiger partial charge in [-0.1, -0.05) is 28.1 Å². The molecule has 5 nitrogen and oxygen atoms in total. The molecule has 0 bridgehead atoms. The van der Waals surface area contributed by atoms with E-state index >= 15 is 0 Å². The van der Waals surface area contributed by atoms with Gasteiger partial charge in [0.2, 0.25) is 11.8 Å². The molecule has 2 rings (SSSR count). The molecule has 0 radical (unpaired) electrons. The van der Waals surface area contributed by atoms with E-state index in [1.165, 1.54) is 0 Å². The molecule has 1 aromatic rings. The maximum absolute atomic E-state index is 12.5. The Morgan fingerprint density at radius 2 is 2.10 bits per heavy atom. The monoisotopic (exact) mass is 370 g/mol. The van der Waals surface area contributed by atoms with Crippen molar-refractivity contribution in [3.63, 3.8) is 0 Å². The van der Waals surface area contributed by atoms with Crippen molar-refractivity contribution in [2.45, 2.75) is 12.3 Å². The fourth-order valence-corrected chi connectivity index (χ4v) is 3.01. The van der Waals surface area contributed by atoms with Crippen molar-refractivity contribution in [1.82, 2.24) is 10.2 Å². The van der Waals surface area contributed by atoms with Crippen LogP contribution in [-0.4, -0.2) is 41.3 Å². The number of hydrogen-bond acceptors (Lipinski definition) is 4. The minimum absolute atomic E-state index is 0.323. The minimum Gasteiger partial charge on any atom is -0.277 e. The highest BCUT2D eigenvalue weighted by Gasteiger charge is 2.40. The summed E-state index contributed by atoms with van der Waals surface area (Å²) >= 11 is 4.97. The van der Waals surface area contributed by atoms with E-state index in [2.05, 4.69) is 21.2 Å². The minimum atomic E-state index is -0.963. The molecule has 7 heteroatoms. The van der Waals surface area contributed by atoms with Crippen molar-refractivity contribution in [3.05, 3.63) is 34.3 Å². The van der Waals surface area contributed by atoms with Gasteiger partial charge in [0.15, 0.2) is 0 Å². The summed E-state index contributed by atoms with van der Waals surface area (Å²) in [7, 11) is 0. The van der Waals surface area contributed by atoms with Gasteiger partial charge in [-0.15, -0.1) is 0 Å². The first-order valence-corrected chi connectivity index (χ1v) is 8.64. The van der Waals surface area contributed by atoms with Crippen LogP contribution in [0.4, 0.5) is 4.79 Å². The van der Waals surface area contributed by atoms with E-state index in [1.807, 2.05) is 12.3 Å². The van der Waals surface area contributed by atoms with Crippen molar-refractivity contribution in [2.24, 2.45) is 0 Å². The average molecular weight is 371 g/mol. The highest BCUT2D eigenvalue weighted by Crippen LogP contribution is 2.25. The molecule has 1 atom stereocenters. The van der Waals surface area contributed by atoms with Gasteiger partial charge in [0.05, 0.1) is 0 Å². The molecule has 1 aliphatic heterocycles. The number of barbiturate groups is 1. The second-order valence-corrected chi connectivity index (χ2v) is 6.52. The molecule has 1 N–H and O–H groups in total. The van der Waals surface area contributed by atoms with E-state index < -0.39 is 23.8 Å². The maximum Gasteiger partial charge on any atom is 0.330 e. The highest BCUT2D eigenvalue weighted by molar-refractivity contribution is 9.10. The van der Waals surface area contributed by atoms with Gasteiger partial charge < -0.3 is 0 Å². The smallest absolute Gasteiger partial charge is 0.277 e. The van der Waals surface area contributed by atoms with Gasteiger partial charge in [-0.2, -0.15) is 11.8 Å². The zero-order valence-electron chi connectivity index (χ0n) is 11.5. The summed E-state index contributed by atoms with van der Waals surface area (Å²) in [6.45, 7) is 0.323. The quantitative estimate of drug-likeness (QED) is 0.638. The van der Waals surface area contributed by atoms with E-state index in [1.54, 1.807) is 30.0 Å². The van der Waals surface area contributed by atoms with Crippen molar-refractivity contribution < 1.29 is 14.4 Å². The first kappa shape index (κ1) is 16.0. The van der Waals surface area contributed by atoms with E-state index in [9.17, 15) is 14.4 Å². The van der Waals surface area contributed by atoms with Crippen LogP contribution >= 0.6 is 27.7 Å². The molecule has 0 saturated carbocycles. The summed E-state index contributed by atoms with van der Waals surface area (Å²) in [6, 6.07) is 6.38. The molecule has 1 aromatic carbocycles. The van der Waals surface area contributed by atoms with E-state index in [0.717, 1.165) is 15.1 Å². The largest absolute Gasteiger partial charge is 0.330 e. The lowest BCUT2D eigenvalue weighted by atomic mass is 9.95. The van der Waals surface area contributed by atoms with Crippen LogP contribution in [-0.2, 0) is 9.59 Å². The lowest BCUT2D eigenvalue weighted by Crippen LogP contribution is -2.57. The van der Waals surface area contributed by atoms with Crippen LogP contribution in [0.1, 0.15) is 17.9 Å². The molecular weight excluding hydrogens is 356 g/mol. The summed E-state index contributed by atoms with van der Waals surface area (Å²) in [5.74, 6) is -1.13. The Labute approximate surface area is 135 Å². The highest BCUT2D eigenvalue weighted by atomic mass is 79.9. The summed E-state index contributed by atoms with van der Waals surface area (Å²) in [5.41, 5.74) is 0.578. The summed E-state index contributed by atoms with van der Waals surface area (Å²) in [4.78, 5) is 37.4. The first-order chi connectivity index (χ1) is 10.0. The molecule has 1 heterocycles.